The highest BCUT2D eigenvalue weighted by Gasteiger charge is 2.22. The zero-order chi connectivity index (χ0) is 22.0. The fourth-order valence-electron chi connectivity index (χ4n) is 3.98. The fraction of sp³-hybridized carbons (Fsp3) is 0.304. The van der Waals surface area contributed by atoms with Crippen LogP contribution in [0.3, 0.4) is 0 Å². The van der Waals surface area contributed by atoms with Crippen molar-refractivity contribution in [3.8, 4) is 11.3 Å². The summed E-state index contributed by atoms with van der Waals surface area (Å²) in [5, 5.41) is 5.97. The number of nitrogens with one attached hydrogen (secondary N) is 3. The maximum atomic E-state index is 14.3. The highest BCUT2D eigenvalue weighted by molar-refractivity contribution is 5.91. The summed E-state index contributed by atoms with van der Waals surface area (Å²) in [7, 11) is 0. The number of aromatic nitrogens is 1. The highest BCUT2D eigenvalue weighted by atomic mass is 19.1. The van der Waals surface area contributed by atoms with Gasteiger partial charge in [-0.2, -0.15) is 0 Å². The zero-order valence-corrected chi connectivity index (χ0v) is 16.7. The Balaban J connectivity index is 1.49. The van der Waals surface area contributed by atoms with E-state index in [1.165, 1.54) is 18.2 Å². The molecule has 0 aliphatic carbocycles. The van der Waals surface area contributed by atoms with Crippen LogP contribution in [-0.2, 0) is 16.0 Å². The van der Waals surface area contributed by atoms with Gasteiger partial charge in [0, 0.05) is 49.0 Å². The number of aromatic amines is 1. The Morgan fingerprint density at radius 2 is 1.87 bits per heavy atom. The molecule has 2 aromatic carbocycles. The van der Waals surface area contributed by atoms with Crippen LogP contribution in [0, 0.1) is 23.4 Å². The van der Waals surface area contributed by atoms with Gasteiger partial charge < -0.3 is 15.6 Å². The Hall–Kier alpha value is -3.29. The molecule has 1 fully saturated rings. The van der Waals surface area contributed by atoms with Crippen LogP contribution < -0.4 is 10.6 Å². The van der Waals surface area contributed by atoms with E-state index in [2.05, 4.69) is 15.6 Å². The van der Waals surface area contributed by atoms with Crippen molar-refractivity contribution in [3.63, 3.8) is 0 Å². The van der Waals surface area contributed by atoms with Crippen molar-refractivity contribution in [2.24, 2.45) is 5.92 Å². The minimum atomic E-state index is -0.706. The summed E-state index contributed by atoms with van der Waals surface area (Å²) in [6.45, 7) is 0.995. The lowest BCUT2D eigenvalue weighted by atomic mass is 10.00. The molecule has 1 atom stereocenters. The standard InChI is InChI=1S/C23H22F3N3O2/c24-15-6-4-14(5-7-15)22-17(18-9-16(25)10-19(26)23(18)29-22)2-1-3-20(30)27-11-13-8-21(31)28-12-13/h4-7,9-10,13,29H,1-3,8,11-12H2,(H,27,30)(H,28,31). The summed E-state index contributed by atoms with van der Waals surface area (Å²) in [5.74, 6) is -1.84. The first-order chi connectivity index (χ1) is 14.9. The summed E-state index contributed by atoms with van der Waals surface area (Å²) in [6.07, 6.45) is 1.52. The molecule has 1 aromatic heterocycles. The Morgan fingerprint density at radius 1 is 1.10 bits per heavy atom. The molecule has 8 heteroatoms. The Bertz CT molecular complexity index is 1130. The number of halogens is 3. The van der Waals surface area contributed by atoms with Crippen LogP contribution >= 0.6 is 0 Å². The third kappa shape index (κ3) is 4.73. The molecule has 3 N–H and O–H groups in total. The van der Waals surface area contributed by atoms with E-state index in [1.807, 2.05) is 0 Å². The number of hydrogen-bond acceptors (Lipinski definition) is 2. The van der Waals surface area contributed by atoms with Gasteiger partial charge in [-0.15, -0.1) is 0 Å². The first-order valence-corrected chi connectivity index (χ1v) is 10.2. The van der Waals surface area contributed by atoms with E-state index in [-0.39, 0.29) is 29.7 Å². The number of carbonyl (C=O) groups is 2. The molecule has 1 aliphatic rings. The maximum absolute atomic E-state index is 14.3. The lowest BCUT2D eigenvalue weighted by molar-refractivity contribution is -0.122. The van der Waals surface area contributed by atoms with Crippen molar-refractivity contribution in [2.75, 3.05) is 13.1 Å². The number of aryl methyl sites for hydroxylation is 1. The van der Waals surface area contributed by atoms with Gasteiger partial charge in [-0.05, 0) is 54.3 Å². The van der Waals surface area contributed by atoms with Crippen LogP contribution in [0.4, 0.5) is 13.2 Å². The number of rotatable bonds is 7. The predicted octanol–water partition coefficient (Wildman–Crippen LogP) is 3.83. The number of fused-ring (bicyclic) bond motifs is 1. The molecule has 1 saturated heterocycles. The third-order valence-electron chi connectivity index (χ3n) is 5.55. The van der Waals surface area contributed by atoms with Crippen LogP contribution in [-0.4, -0.2) is 29.9 Å². The molecule has 1 unspecified atom stereocenters. The molecule has 0 bridgehead atoms. The van der Waals surface area contributed by atoms with E-state index in [1.54, 1.807) is 12.1 Å². The van der Waals surface area contributed by atoms with E-state index in [0.717, 1.165) is 6.07 Å². The van der Waals surface area contributed by atoms with E-state index in [9.17, 15) is 22.8 Å². The lowest BCUT2D eigenvalue weighted by Gasteiger charge is -2.10. The molecule has 4 rings (SSSR count). The first kappa shape index (κ1) is 21.0. The number of hydrogen-bond donors (Lipinski definition) is 3. The van der Waals surface area contributed by atoms with Crippen LogP contribution in [0.5, 0.6) is 0 Å². The van der Waals surface area contributed by atoms with Gasteiger partial charge in [0.2, 0.25) is 11.8 Å². The highest BCUT2D eigenvalue weighted by Crippen LogP contribution is 2.33. The van der Waals surface area contributed by atoms with Gasteiger partial charge in [-0.1, -0.05) is 0 Å². The number of benzene rings is 2. The third-order valence-corrected chi connectivity index (χ3v) is 5.55. The second-order valence-corrected chi connectivity index (χ2v) is 7.83. The average Bonchev–Trinajstić information content (AvgIpc) is 3.31. The van der Waals surface area contributed by atoms with Crippen molar-refractivity contribution < 1.29 is 22.8 Å². The largest absolute Gasteiger partial charge is 0.356 e. The van der Waals surface area contributed by atoms with Crippen molar-refractivity contribution in [1.82, 2.24) is 15.6 Å². The molecular formula is C23H22F3N3O2. The molecule has 2 heterocycles. The zero-order valence-electron chi connectivity index (χ0n) is 16.7. The van der Waals surface area contributed by atoms with Crippen LogP contribution in [0.15, 0.2) is 36.4 Å². The van der Waals surface area contributed by atoms with Gasteiger partial charge in [-0.3, -0.25) is 9.59 Å². The Morgan fingerprint density at radius 3 is 2.58 bits per heavy atom. The molecule has 3 aromatic rings. The van der Waals surface area contributed by atoms with E-state index >= 15 is 0 Å². The lowest BCUT2D eigenvalue weighted by Crippen LogP contribution is -2.30. The number of carbonyl (C=O) groups excluding carboxylic acids is 2. The normalized spacial score (nSPS) is 16.0. The SMILES string of the molecule is O=C(CCCc1c(-c2ccc(F)cc2)[nH]c2c(F)cc(F)cc12)NCC1CNC(=O)C1. The number of H-pyrrole nitrogens is 1. The van der Waals surface area contributed by atoms with Gasteiger partial charge in [0.25, 0.3) is 0 Å². The van der Waals surface area contributed by atoms with E-state index in [4.69, 9.17) is 0 Å². The van der Waals surface area contributed by atoms with Gasteiger partial charge in [-0.25, -0.2) is 13.2 Å². The Labute approximate surface area is 177 Å². The average molecular weight is 429 g/mol. The molecule has 0 spiro atoms. The minimum Gasteiger partial charge on any atom is -0.356 e. The van der Waals surface area contributed by atoms with Gasteiger partial charge in [0.05, 0.1) is 5.52 Å². The summed E-state index contributed by atoms with van der Waals surface area (Å²) >= 11 is 0. The summed E-state index contributed by atoms with van der Waals surface area (Å²) < 4.78 is 41.5. The number of amides is 2. The minimum absolute atomic E-state index is 0.00799. The predicted molar refractivity (Wildman–Crippen MR) is 111 cm³/mol. The molecule has 31 heavy (non-hydrogen) atoms. The van der Waals surface area contributed by atoms with Crippen molar-refractivity contribution in [1.29, 1.82) is 0 Å². The second-order valence-electron chi connectivity index (χ2n) is 7.83. The molecule has 2 amide bonds. The van der Waals surface area contributed by atoms with E-state index < -0.39 is 17.5 Å². The van der Waals surface area contributed by atoms with Gasteiger partial charge in [0.1, 0.15) is 17.5 Å². The van der Waals surface area contributed by atoms with Crippen molar-refractivity contribution in [3.05, 3.63) is 59.4 Å². The Kier molecular flexibility index (Phi) is 5.97. The van der Waals surface area contributed by atoms with Crippen LogP contribution in [0.25, 0.3) is 22.2 Å². The maximum Gasteiger partial charge on any atom is 0.220 e. The van der Waals surface area contributed by atoms with Gasteiger partial charge >= 0.3 is 0 Å². The monoisotopic (exact) mass is 429 g/mol. The summed E-state index contributed by atoms with van der Waals surface area (Å²) in [6, 6.07) is 7.83. The molecule has 162 valence electrons. The fourth-order valence-corrected chi connectivity index (χ4v) is 3.98. The molecule has 0 saturated carbocycles. The summed E-state index contributed by atoms with van der Waals surface area (Å²) in [5.41, 5.74) is 2.09. The molecular weight excluding hydrogens is 407 g/mol. The second kappa shape index (κ2) is 8.83. The quantitative estimate of drug-likeness (QED) is 0.534. The topological polar surface area (TPSA) is 74.0 Å². The molecule has 0 radical (unpaired) electrons. The summed E-state index contributed by atoms with van der Waals surface area (Å²) in [4.78, 5) is 26.4. The first-order valence-electron chi connectivity index (χ1n) is 10.2. The molecule has 5 nitrogen and oxygen atoms in total. The van der Waals surface area contributed by atoms with Gasteiger partial charge in [0.15, 0.2) is 0 Å². The van der Waals surface area contributed by atoms with E-state index in [0.29, 0.717) is 54.6 Å². The smallest absolute Gasteiger partial charge is 0.220 e. The van der Waals surface area contributed by atoms with Crippen LogP contribution in [0.1, 0.15) is 24.8 Å². The van der Waals surface area contributed by atoms with Crippen LogP contribution in [0.2, 0.25) is 0 Å². The molecule has 1 aliphatic heterocycles. The van der Waals surface area contributed by atoms with Crippen molar-refractivity contribution in [2.45, 2.75) is 25.7 Å². The van der Waals surface area contributed by atoms with Crippen molar-refractivity contribution >= 4 is 22.7 Å².